The van der Waals surface area contributed by atoms with Crippen LogP contribution in [0.3, 0.4) is 0 Å². The van der Waals surface area contributed by atoms with Gasteiger partial charge < -0.3 is 10.6 Å². The van der Waals surface area contributed by atoms with E-state index in [2.05, 4.69) is 15.6 Å². The molecule has 0 atom stereocenters. The molecule has 2 aromatic heterocycles. The summed E-state index contributed by atoms with van der Waals surface area (Å²) in [4.78, 5) is 40.7. The molecule has 28 heavy (non-hydrogen) atoms. The number of benzene rings is 1. The van der Waals surface area contributed by atoms with Crippen molar-refractivity contribution in [3.8, 4) is 11.3 Å². The zero-order chi connectivity index (χ0) is 19.5. The molecule has 8 heteroatoms. The maximum Gasteiger partial charge on any atom is 0.226 e. The van der Waals surface area contributed by atoms with E-state index in [0.29, 0.717) is 22.9 Å². The summed E-state index contributed by atoms with van der Waals surface area (Å²) in [5.74, 6) is -0.207. The molecule has 0 bridgehead atoms. The fourth-order valence-electron chi connectivity index (χ4n) is 2.98. The first-order chi connectivity index (χ1) is 13.6. The Labute approximate surface area is 169 Å². The van der Waals surface area contributed by atoms with Crippen molar-refractivity contribution in [2.24, 2.45) is 0 Å². The number of aromatic nitrogens is 1. The zero-order valence-corrected chi connectivity index (χ0v) is 16.5. The topological polar surface area (TPSA) is 88.2 Å². The monoisotopic (exact) mass is 411 g/mol. The number of fused-ring (bicyclic) bond motifs is 1. The van der Waals surface area contributed by atoms with Crippen molar-refractivity contribution < 1.29 is 14.4 Å². The molecule has 142 valence electrons. The third-order valence-corrected chi connectivity index (χ3v) is 6.09. The number of nitrogens with one attached hydrogen (secondary N) is 2. The highest BCUT2D eigenvalue weighted by molar-refractivity contribution is 7.14. The van der Waals surface area contributed by atoms with Crippen molar-refractivity contribution in [1.82, 2.24) is 4.98 Å². The van der Waals surface area contributed by atoms with Crippen molar-refractivity contribution in [3.63, 3.8) is 0 Å². The fraction of sp³-hybridized carbons (Fsp3) is 0.200. The number of thiophene rings is 1. The Bertz CT molecular complexity index is 1040. The van der Waals surface area contributed by atoms with Crippen LogP contribution in [0.1, 0.15) is 34.5 Å². The molecule has 0 radical (unpaired) electrons. The van der Waals surface area contributed by atoms with Crippen molar-refractivity contribution in [2.45, 2.75) is 25.7 Å². The lowest BCUT2D eigenvalue weighted by atomic mass is 9.99. The molecule has 0 saturated carbocycles. The highest BCUT2D eigenvalue weighted by Gasteiger charge is 2.16. The summed E-state index contributed by atoms with van der Waals surface area (Å²) < 4.78 is 0. The van der Waals surface area contributed by atoms with E-state index in [-0.39, 0.29) is 30.4 Å². The molecule has 1 aliphatic heterocycles. The van der Waals surface area contributed by atoms with Crippen LogP contribution in [0.15, 0.2) is 41.1 Å². The molecule has 2 amide bonds. The first-order valence-corrected chi connectivity index (χ1v) is 10.6. The third-order valence-electron chi connectivity index (χ3n) is 4.42. The van der Waals surface area contributed by atoms with Crippen molar-refractivity contribution in [1.29, 1.82) is 0 Å². The first kappa shape index (κ1) is 18.5. The fourth-order valence-corrected chi connectivity index (χ4v) is 4.41. The standard InChI is InChI=1S/C20H17N3O3S2/c24-16(17-2-1-9-27-17)6-8-19(26)23-20-22-15(11-28-20)13-3-5-14-12(10-13)4-7-18(25)21-14/h1-3,5,9-11H,4,6-8H2,(H,21,25)(H,22,23,26). The lowest BCUT2D eigenvalue weighted by Gasteiger charge is -2.17. The highest BCUT2D eigenvalue weighted by atomic mass is 32.1. The summed E-state index contributed by atoms with van der Waals surface area (Å²) in [6.45, 7) is 0. The number of rotatable bonds is 6. The number of Topliss-reactive ketones (excluding diaryl/α,β-unsaturated/α-hetero) is 1. The van der Waals surface area contributed by atoms with Gasteiger partial charge in [0.25, 0.3) is 0 Å². The number of ketones is 1. The van der Waals surface area contributed by atoms with Crippen molar-refractivity contribution in [2.75, 3.05) is 10.6 Å². The van der Waals surface area contributed by atoms with Crippen LogP contribution in [0.5, 0.6) is 0 Å². The summed E-state index contributed by atoms with van der Waals surface area (Å²) in [7, 11) is 0. The largest absolute Gasteiger partial charge is 0.326 e. The van der Waals surface area contributed by atoms with Gasteiger partial charge in [-0.15, -0.1) is 22.7 Å². The number of amides is 2. The van der Waals surface area contributed by atoms with E-state index in [0.717, 1.165) is 22.5 Å². The van der Waals surface area contributed by atoms with E-state index >= 15 is 0 Å². The second-order valence-electron chi connectivity index (χ2n) is 6.41. The molecule has 1 aliphatic rings. The molecule has 0 spiro atoms. The highest BCUT2D eigenvalue weighted by Crippen LogP contribution is 2.30. The predicted octanol–water partition coefficient (Wildman–Crippen LogP) is 4.36. The van der Waals surface area contributed by atoms with Gasteiger partial charge >= 0.3 is 0 Å². The molecule has 4 rings (SSSR count). The number of thiazole rings is 1. The van der Waals surface area contributed by atoms with Gasteiger partial charge in [-0.25, -0.2) is 4.98 Å². The smallest absolute Gasteiger partial charge is 0.226 e. The van der Waals surface area contributed by atoms with Crippen LogP contribution in [0, 0.1) is 0 Å². The number of nitrogens with zero attached hydrogens (tertiary/aromatic N) is 1. The van der Waals surface area contributed by atoms with Gasteiger partial charge in [-0.2, -0.15) is 0 Å². The zero-order valence-electron chi connectivity index (χ0n) is 14.9. The van der Waals surface area contributed by atoms with Crippen LogP contribution in [0.25, 0.3) is 11.3 Å². The molecule has 0 saturated heterocycles. The van der Waals surface area contributed by atoms with Crippen LogP contribution in [-0.2, 0) is 16.0 Å². The number of anilines is 2. The molecular weight excluding hydrogens is 394 g/mol. The summed E-state index contributed by atoms with van der Waals surface area (Å²) in [6.07, 6.45) is 1.51. The average Bonchev–Trinajstić information content (AvgIpc) is 3.38. The van der Waals surface area contributed by atoms with E-state index in [1.54, 1.807) is 6.07 Å². The third kappa shape index (κ3) is 4.18. The average molecular weight is 412 g/mol. The Hall–Kier alpha value is -2.84. The van der Waals surface area contributed by atoms with Crippen molar-refractivity contribution in [3.05, 3.63) is 51.5 Å². The lowest BCUT2D eigenvalue weighted by Crippen LogP contribution is -2.18. The quantitative estimate of drug-likeness (QED) is 0.590. The number of hydrogen-bond donors (Lipinski definition) is 2. The van der Waals surface area contributed by atoms with Gasteiger partial charge in [0.1, 0.15) is 0 Å². The summed E-state index contributed by atoms with van der Waals surface area (Å²) >= 11 is 2.73. The van der Waals surface area contributed by atoms with E-state index in [1.807, 2.05) is 35.0 Å². The Morgan fingerprint density at radius 2 is 2.04 bits per heavy atom. The molecule has 3 aromatic rings. The van der Waals surface area contributed by atoms with Gasteiger partial charge in [-0.05, 0) is 35.6 Å². The van der Waals surface area contributed by atoms with Crippen LogP contribution in [-0.4, -0.2) is 22.6 Å². The summed E-state index contributed by atoms with van der Waals surface area (Å²) in [5.41, 5.74) is 3.65. The molecule has 0 unspecified atom stereocenters. The summed E-state index contributed by atoms with van der Waals surface area (Å²) in [5, 5.41) is 9.87. The lowest BCUT2D eigenvalue weighted by molar-refractivity contribution is -0.117. The number of carbonyl (C=O) groups excluding carboxylic acids is 3. The van der Waals surface area contributed by atoms with E-state index in [4.69, 9.17) is 0 Å². The molecule has 0 fully saturated rings. The normalized spacial score (nSPS) is 12.9. The minimum Gasteiger partial charge on any atom is -0.326 e. The minimum absolute atomic E-state index is 0.0221. The predicted molar refractivity (Wildman–Crippen MR) is 111 cm³/mol. The van der Waals surface area contributed by atoms with Crippen LogP contribution < -0.4 is 10.6 Å². The van der Waals surface area contributed by atoms with Gasteiger partial charge in [0.05, 0.1) is 10.6 Å². The van der Waals surface area contributed by atoms with Crippen molar-refractivity contribution >= 4 is 51.1 Å². The second-order valence-corrected chi connectivity index (χ2v) is 8.21. The van der Waals surface area contributed by atoms with E-state index < -0.39 is 0 Å². The molecular formula is C20H17N3O3S2. The Balaban J connectivity index is 1.37. The Morgan fingerprint density at radius 3 is 2.86 bits per heavy atom. The number of carbonyl (C=O) groups is 3. The van der Waals surface area contributed by atoms with Crippen LogP contribution >= 0.6 is 22.7 Å². The SMILES string of the molecule is O=C(CCC(=O)c1cccs1)Nc1nc(-c2ccc3c(c2)CCC(=O)N3)cs1. The van der Waals surface area contributed by atoms with Gasteiger partial charge in [-0.3, -0.25) is 14.4 Å². The van der Waals surface area contributed by atoms with Gasteiger partial charge in [0.15, 0.2) is 10.9 Å². The maximum absolute atomic E-state index is 12.1. The first-order valence-electron chi connectivity index (χ1n) is 8.84. The van der Waals surface area contributed by atoms with Gasteiger partial charge in [0, 0.05) is 35.9 Å². The number of hydrogen-bond acceptors (Lipinski definition) is 6. The van der Waals surface area contributed by atoms with Crippen LogP contribution in [0.2, 0.25) is 0 Å². The van der Waals surface area contributed by atoms with E-state index in [9.17, 15) is 14.4 Å². The molecule has 2 N–H and O–H groups in total. The number of aryl methyl sites for hydroxylation is 1. The molecule has 0 aliphatic carbocycles. The Morgan fingerprint density at radius 1 is 1.14 bits per heavy atom. The molecule has 3 heterocycles. The van der Waals surface area contributed by atoms with Gasteiger partial charge in [0.2, 0.25) is 11.8 Å². The summed E-state index contributed by atoms with van der Waals surface area (Å²) in [6, 6.07) is 9.40. The van der Waals surface area contributed by atoms with Gasteiger partial charge in [-0.1, -0.05) is 12.1 Å². The molecule has 6 nitrogen and oxygen atoms in total. The minimum atomic E-state index is -0.223. The maximum atomic E-state index is 12.1. The molecule has 1 aromatic carbocycles. The van der Waals surface area contributed by atoms with Crippen LogP contribution in [0.4, 0.5) is 10.8 Å². The second kappa shape index (κ2) is 8.04. The van der Waals surface area contributed by atoms with E-state index in [1.165, 1.54) is 22.7 Å². The Kier molecular flexibility index (Phi) is 5.31.